The SMILES string of the molecule is CCC1C2CC(CC2c2ccc(S(N)(=O)=O)cc2)C1C(C)C(C)C1C2CCC(C2)C1C(C)C. The zero-order valence-corrected chi connectivity index (χ0v) is 22.1. The summed E-state index contributed by atoms with van der Waals surface area (Å²) in [6, 6.07) is 7.48. The topological polar surface area (TPSA) is 60.2 Å². The van der Waals surface area contributed by atoms with Crippen LogP contribution in [0, 0.1) is 65.1 Å². The monoisotopic (exact) mass is 471 g/mol. The third-order valence-corrected chi connectivity index (χ3v) is 12.1. The van der Waals surface area contributed by atoms with Gasteiger partial charge in [-0.15, -0.1) is 0 Å². The van der Waals surface area contributed by atoms with Gasteiger partial charge in [-0.05, 0) is 121 Å². The molecule has 1 aromatic carbocycles. The Morgan fingerprint density at radius 3 is 2.03 bits per heavy atom. The third kappa shape index (κ3) is 3.92. The van der Waals surface area contributed by atoms with Crippen molar-refractivity contribution in [1.29, 1.82) is 0 Å². The molecule has 4 bridgehead atoms. The van der Waals surface area contributed by atoms with Crippen molar-refractivity contribution >= 4 is 10.0 Å². The Bertz CT molecular complexity index is 954. The van der Waals surface area contributed by atoms with Crippen molar-refractivity contribution in [2.45, 2.75) is 84.0 Å². The van der Waals surface area contributed by atoms with Gasteiger partial charge >= 0.3 is 0 Å². The Labute approximate surface area is 202 Å². The lowest BCUT2D eigenvalue weighted by atomic mass is 9.59. The van der Waals surface area contributed by atoms with E-state index in [2.05, 4.69) is 34.6 Å². The van der Waals surface area contributed by atoms with E-state index in [9.17, 15) is 8.42 Å². The van der Waals surface area contributed by atoms with E-state index in [1.165, 1.54) is 44.1 Å². The normalized spacial score (nSPS) is 41.7. The Balaban J connectivity index is 1.33. The lowest BCUT2D eigenvalue weighted by Crippen LogP contribution is -2.39. The quantitative estimate of drug-likeness (QED) is 0.481. The largest absolute Gasteiger partial charge is 0.238 e. The molecule has 2 N–H and O–H groups in total. The number of hydrogen-bond donors (Lipinski definition) is 1. The van der Waals surface area contributed by atoms with Gasteiger partial charge in [0.2, 0.25) is 10.0 Å². The van der Waals surface area contributed by atoms with Crippen molar-refractivity contribution in [2.75, 3.05) is 0 Å². The van der Waals surface area contributed by atoms with Crippen LogP contribution in [0.25, 0.3) is 0 Å². The first kappa shape index (κ1) is 23.9. The molecule has 11 atom stereocenters. The highest BCUT2D eigenvalue weighted by Gasteiger charge is 2.57. The Kier molecular flexibility index (Phi) is 6.26. The molecule has 3 nitrogen and oxygen atoms in total. The van der Waals surface area contributed by atoms with Crippen LogP contribution in [0.3, 0.4) is 0 Å². The Morgan fingerprint density at radius 1 is 0.848 bits per heavy atom. The van der Waals surface area contributed by atoms with E-state index in [1.54, 1.807) is 12.1 Å². The molecule has 0 aliphatic heterocycles. The summed E-state index contributed by atoms with van der Waals surface area (Å²) in [5.74, 6) is 10.2. The number of sulfonamides is 1. The van der Waals surface area contributed by atoms with E-state index < -0.39 is 10.0 Å². The molecular formula is C29H45NO2S. The minimum absolute atomic E-state index is 0.229. The number of hydrogen-bond acceptors (Lipinski definition) is 2. The second-order valence-corrected chi connectivity index (χ2v) is 14.3. The molecule has 4 aliphatic rings. The first-order valence-corrected chi connectivity index (χ1v) is 15.3. The summed E-state index contributed by atoms with van der Waals surface area (Å²) in [6.07, 6.45) is 8.41. The molecule has 0 heterocycles. The molecule has 5 rings (SSSR count). The zero-order valence-electron chi connectivity index (χ0n) is 21.3. The van der Waals surface area contributed by atoms with Crippen LogP contribution in [0.5, 0.6) is 0 Å². The van der Waals surface area contributed by atoms with Crippen molar-refractivity contribution in [3.63, 3.8) is 0 Å². The Hall–Kier alpha value is -0.870. The van der Waals surface area contributed by atoms with Crippen molar-refractivity contribution in [3.8, 4) is 0 Å². The minimum atomic E-state index is -3.62. The molecule has 0 radical (unpaired) electrons. The second kappa shape index (κ2) is 8.66. The first-order valence-electron chi connectivity index (χ1n) is 13.7. The summed E-state index contributed by atoms with van der Waals surface area (Å²) >= 11 is 0. The number of fused-ring (bicyclic) bond motifs is 4. The Morgan fingerprint density at radius 2 is 1.45 bits per heavy atom. The van der Waals surface area contributed by atoms with Crippen LogP contribution in [0.1, 0.15) is 84.6 Å². The van der Waals surface area contributed by atoms with Gasteiger partial charge in [-0.25, -0.2) is 13.6 Å². The van der Waals surface area contributed by atoms with Gasteiger partial charge in [0.15, 0.2) is 0 Å². The highest BCUT2D eigenvalue weighted by molar-refractivity contribution is 7.89. The first-order chi connectivity index (χ1) is 15.6. The van der Waals surface area contributed by atoms with Gasteiger partial charge in [0, 0.05) is 0 Å². The number of primary sulfonamides is 1. The number of nitrogens with two attached hydrogens (primary N) is 1. The van der Waals surface area contributed by atoms with Gasteiger partial charge in [-0.1, -0.05) is 53.2 Å². The molecule has 11 unspecified atom stereocenters. The van der Waals surface area contributed by atoms with Crippen LogP contribution in [-0.2, 0) is 10.0 Å². The van der Waals surface area contributed by atoms with Crippen molar-refractivity contribution < 1.29 is 8.42 Å². The fourth-order valence-corrected chi connectivity index (χ4v) is 10.6. The van der Waals surface area contributed by atoms with E-state index in [1.807, 2.05) is 12.1 Å². The molecule has 33 heavy (non-hydrogen) atoms. The van der Waals surface area contributed by atoms with Crippen LogP contribution in [0.15, 0.2) is 29.2 Å². The zero-order chi connectivity index (χ0) is 23.7. The van der Waals surface area contributed by atoms with Gasteiger partial charge < -0.3 is 0 Å². The summed E-state index contributed by atoms with van der Waals surface area (Å²) < 4.78 is 23.3. The summed E-state index contributed by atoms with van der Waals surface area (Å²) in [7, 11) is -3.62. The molecule has 0 spiro atoms. The molecule has 0 aromatic heterocycles. The maximum absolute atomic E-state index is 11.7. The van der Waals surface area contributed by atoms with Crippen LogP contribution < -0.4 is 5.14 Å². The second-order valence-electron chi connectivity index (χ2n) is 12.7. The minimum Gasteiger partial charge on any atom is -0.225 e. The standard InChI is InChI=1S/C29H45NO2S/c1-6-24-26-15-22(14-25(26)19-9-11-23(12-10-19)33(30,31)32)28(24)17(4)18(5)29-21-8-7-20(13-21)27(29)16(2)3/h9-12,16-18,20-22,24-29H,6-8,13-15H2,1-5H3,(H2,30,31,32). The van der Waals surface area contributed by atoms with Crippen LogP contribution in [-0.4, -0.2) is 8.42 Å². The van der Waals surface area contributed by atoms with Gasteiger partial charge in [-0.2, -0.15) is 0 Å². The van der Waals surface area contributed by atoms with Crippen LogP contribution in [0.4, 0.5) is 0 Å². The van der Waals surface area contributed by atoms with E-state index >= 15 is 0 Å². The predicted molar refractivity (Wildman–Crippen MR) is 135 cm³/mol. The summed E-state index contributed by atoms with van der Waals surface area (Å²) in [4.78, 5) is 0.229. The number of benzene rings is 1. The third-order valence-electron chi connectivity index (χ3n) is 11.2. The predicted octanol–water partition coefficient (Wildman–Crippen LogP) is 6.69. The van der Waals surface area contributed by atoms with Crippen molar-refractivity contribution in [3.05, 3.63) is 29.8 Å². The maximum Gasteiger partial charge on any atom is 0.238 e. The maximum atomic E-state index is 11.7. The van der Waals surface area contributed by atoms with E-state index in [-0.39, 0.29) is 4.90 Å². The molecule has 184 valence electrons. The van der Waals surface area contributed by atoms with Gasteiger partial charge in [-0.3, -0.25) is 0 Å². The average molecular weight is 472 g/mol. The van der Waals surface area contributed by atoms with Crippen molar-refractivity contribution in [1.82, 2.24) is 0 Å². The van der Waals surface area contributed by atoms with E-state index in [0.717, 1.165) is 65.1 Å². The molecule has 4 heteroatoms. The summed E-state index contributed by atoms with van der Waals surface area (Å²) in [5, 5.41) is 5.32. The highest BCUT2D eigenvalue weighted by Crippen LogP contribution is 2.64. The van der Waals surface area contributed by atoms with Crippen molar-refractivity contribution in [2.24, 2.45) is 70.2 Å². The van der Waals surface area contributed by atoms with E-state index in [0.29, 0.717) is 5.92 Å². The van der Waals surface area contributed by atoms with E-state index in [4.69, 9.17) is 5.14 Å². The fraction of sp³-hybridized carbons (Fsp3) is 0.793. The smallest absolute Gasteiger partial charge is 0.225 e. The molecule has 1 aromatic rings. The van der Waals surface area contributed by atoms with Gasteiger partial charge in [0.05, 0.1) is 4.90 Å². The highest BCUT2D eigenvalue weighted by atomic mass is 32.2. The lowest BCUT2D eigenvalue weighted by Gasteiger charge is -2.46. The van der Waals surface area contributed by atoms with Gasteiger partial charge in [0.1, 0.15) is 0 Å². The molecular weight excluding hydrogens is 426 g/mol. The molecule has 0 saturated heterocycles. The van der Waals surface area contributed by atoms with Gasteiger partial charge in [0.25, 0.3) is 0 Å². The number of rotatable bonds is 7. The summed E-state index contributed by atoms with van der Waals surface area (Å²) in [5.41, 5.74) is 1.32. The average Bonchev–Trinajstić information content (AvgIpc) is 3.56. The fourth-order valence-electron chi connectivity index (χ4n) is 10.1. The lowest BCUT2D eigenvalue weighted by molar-refractivity contribution is 0.0339. The molecule has 4 fully saturated rings. The molecule has 4 aliphatic carbocycles. The van der Waals surface area contributed by atoms with Crippen LogP contribution >= 0.6 is 0 Å². The molecule has 0 amide bonds. The van der Waals surface area contributed by atoms with Crippen LogP contribution in [0.2, 0.25) is 0 Å². The summed E-state index contributed by atoms with van der Waals surface area (Å²) in [6.45, 7) is 12.6. The molecule has 4 saturated carbocycles.